The van der Waals surface area contributed by atoms with Gasteiger partial charge < -0.3 is 0 Å². The summed E-state index contributed by atoms with van der Waals surface area (Å²) in [6, 6.07) is 55.7. The quantitative estimate of drug-likeness (QED) is 0.155. The molecule has 0 bridgehead atoms. The van der Waals surface area contributed by atoms with Gasteiger partial charge in [-0.25, -0.2) is 0 Å². The highest BCUT2D eigenvalue weighted by Gasteiger charge is 2.31. The third kappa shape index (κ3) is 7.14. The highest BCUT2D eigenvalue weighted by atomic mass is 14.3. The number of hydrogen-bond donors (Lipinski definition) is 0. The van der Waals surface area contributed by atoms with Crippen molar-refractivity contribution in [3.05, 3.63) is 178 Å². The topological polar surface area (TPSA) is 0 Å². The third-order valence-electron chi connectivity index (χ3n) is 16.3. The van der Waals surface area contributed by atoms with Crippen LogP contribution in [-0.2, 0) is 21.7 Å². The van der Waals surface area contributed by atoms with Gasteiger partial charge in [0.05, 0.1) is 0 Å². The molecule has 0 unspecified atom stereocenters. The first kappa shape index (κ1) is 47.6. The molecular formula is C72H72. The van der Waals surface area contributed by atoms with E-state index in [1.165, 1.54) is 159 Å². The maximum Gasteiger partial charge on any atom is -0.000697 e. The van der Waals surface area contributed by atoms with Crippen molar-refractivity contribution in [1.29, 1.82) is 0 Å². The molecule has 0 aliphatic carbocycles. The van der Waals surface area contributed by atoms with Crippen LogP contribution < -0.4 is 0 Å². The van der Waals surface area contributed by atoms with E-state index in [2.05, 4.69) is 243 Å². The lowest BCUT2D eigenvalue weighted by atomic mass is 9.76. The van der Waals surface area contributed by atoms with Gasteiger partial charge in [-0.15, -0.1) is 0 Å². The molecule has 0 saturated carbocycles. The smallest absolute Gasteiger partial charge is 0.000697 e. The maximum atomic E-state index is 2.61. The highest BCUT2D eigenvalue weighted by Crippen LogP contribution is 2.56. The first-order valence-corrected chi connectivity index (χ1v) is 26.1. The van der Waals surface area contributed by atoms with E-state index in [1.807, 2.05) is 0 Å². The Morgan fingerprint density at radius 3 is 1.22 bits per heavy atom. The Labute approximate surface area is 428 Å². The van der Waals surface area contributed by atoms with Crippen molar-refractivity contribution in [2.45, 2.75) is 133 Å². The predicted octanol–water partition coefficient (Wildman–Crippen LogP) is 21.5. The summed E-state index contributed by atoms with van der Waals surface area (Å²) in [5.74, 6) is 0. The van der Waals surface area contributed by atoms with E-state index in [9.17, 15) is 0 Å². The monoisotopic (exact) mass is 937 g/mol. The molecule has 360 valence electrons. The first-order chi connectivity index (χ1) is 33.5. The van der Waals surface area contributed by atoms with Crippen molar-refractivity contribution in [2.75, 3.05) is 0 Å². The van der Waals surface area contributed by atoms with Crippen LogP contribution in [0.3, 0.4) is 0 Å². The van der Waals surface area contributed by atoms with E-state index in [1.54, 1.807) is 0 Å². The largest absolute Gasteiger partial charge is 0.0776 e. The van der Waals surface area contributed by atoms with Crippen LogP contribution in [0.15, 0.2) is 140 Å². The number of rotatable bonds is 3. The van der Waals surface area contributed by atoms with Gasteiger partial charge in [0, 0.05) is 0 Å². The van der Waals surface area contributed by atoms with Crippen molar-refractivity contribution in [2.24, 2.45) is 0 Å². The van der Waals surface area contributed by atoms with Gasteiger partial charge in [0.1, 0.15) is 0 Å². The summed E-state index contributed by atoms with van der Waals surface area (Å²) in [7, 11) is 0. The Bertz CT molecular complexity index is 4110. The third-order valence-corrected chi connectivity index (χ3v) is 16.3. The molecule has 0 aliphatic heterocycles. The zero-order valence-electron chi connectivity index (χ0n) is 44.8. The second kappa shape index (κ2) is 15.9. The summed E-state index contributed by atoms with van der Waals surface area (Å²) in [5.41, 5.74) is 17.1. The fraction of sp³-hybridized carbons (Fsp3) is 0.278. The van der Waals surface area contributed by atoms with Crippen LogP contribution in [-0.4, -0.2) is 0 Å². The van der Waals surface area contributed by atoms with Crippen molar-refractivity contribution >= 4 is 86.2 Å². The molecule has 0 radical (unpaired) electrons. The van der Waals surface area contributed by atoms with Gasteiger partial charge in [-0.2, -0.15) is 0 Å². The second-order valence-electron chi connectivity index (χ2n) is 25.6. The molecule has 0 nitrogen and oxygen atoms in total. The predicted molar refractivity (Wildman–Crippen MR) is 321 cm³/mol. The van der Waals surface area contributed by atoms with E-state index < -0.39 is 0 Å². The minimum Gasteiger partial charge on any atom is -0.0776 e. The molecule has 12 aromatic carbocycles. The molecule has 72 heavy (non-hydrogen) atoms. The SMILES string of the molecule is C.Cc1cc(C)c(-c2ccc3cc4c5c(-c6cc(C(C)(C)C)cc(C(C)(C)C)c6)c6c(cc7c8ccccc8c8cccc6c87)c(-c6cc(C(C)(C)C)cc(C(C)(C)C)c6)c5c5cccc(c3c2)c54)c(C)c1. The lowest BCUT2D eigenvalue weighted by Gasteiger charge is -2.28. The van der Waals surface area contributed by atoms with E-state index >= 15 is 0 Å². The van der Waals surface area contributed by atoms with Crippen LogP contribution in [0.5, 0.6) is 0 Å². The molecule has 0 heteroatoms. The fourth-order valence-electron chi connectivity index (χ4n) is 12.7. The zero-order chi connectivity index (χ0) is 50.0. The molecule has 0 saturated heterocycles. The van der Waals surface area contributed by atoms with Crippen LogP contribution in [0.25, 0.3) is 120 Å². The Balaban J connectivity index is 0.00000560. The zero-order valence-corrected chi connectivity index (χ0v) is 44.8. The van der Waals surface area contributed by atoms with Crippen LogP contribution in [0.4, 0.5) is 0 Å². The minimum absolute atomic E-state index is 0. The van der Waals surface area contributed by atoms with Crippen molar-refractivity contribution in [3.8, 4) is 33.4 Å². The van der Waals surface area contributed by atoms with Gasteiger partial charge in [-0.1, -0.05) is 217 Å². The fourth-order valence-corrected chi connectivity index (χ4v) is 12.7. The summed E-state index contributed by atoms with van der Waals surface area (Å²) < 4.78 is 0. The summed E-state index contributed by atoms with van der Waals surface area (Å²) in [6.07, 6.45) is 0. The minimum atomic E-state index is -0.0658. The Hall–Kier alpha value is -6.76. The number of benzene rings is 10. The van der Waals surface area contributed by atoms with Gasteiger partial charge in [-0.3, -0.25) is 0 Å². The Morgan fingerprint density at radius 2 is 0.694 bits per heavy atom. The average Bonchev–Trinajstić information content (AvgIpc) is 3.80. The van der Waals surface area contributed by atoms with Gasteiger partial charge >= 0.3 is 0 Å². The summed E-state index contributed by atoms with van der Waals surface area (Å²) in [4.78, 5) is 0. The van der Waals surface area contributed by atoms with Gasteiger partial charge in [0.15, 0.2) is 0 Å². The molecule has 0 spiro atoms. The van der Waals surface area contributed by atoms with Crippen LogP contribution >= 0.6 is 0 Å². The summed E-state index contributed by atoms with van der Waals surface area (Å²) in [6.45, 7) is 35.3. The first-order valence-electron chi connectivity index (χ1n) is 26.1. The van der Waals surface area contributed by atoms with E-state index in [0.717, 1.165) is 0 Å². The van der Waals surface area contributed by atoms with Crippen molar-refractivity contribution in [3.63, 3.8) is 0 Å². The molecular weight excluding hydrogens is 865 g/mol. The van der Waals surface area contributed by atoms with E-state index in [4.69, 9.17) is 0 Å². The van der Waals surface area contributed by atoms with Crippen LogP contribution in [0.2, 0.25) is 0 Å². The molecule has 0 amide bonds. The molecule has 12 aromatic rings. The molecule has 0 aromatic heterocycles. The van der Waals surface area contributed by atoms with Crippen LogP contribution in [0, 0.1) is 20.8 Å². The van der Waals surface area contributed by atoms with Gasteiger partial charge in [0.25, 0.3) is 0 Å². The summed E-state index contributed by atoms with van der Waals surface area (Å²) >= 11 is 0. The molecule has 0 heterocycles. The molecule has 0 atom stereocenters. The van der Waals surface area contributed by atoms with Crippen molar-refractivity contribution in [1.82, 2.24) is 0 Å². The van der Waals surface area contributed by atoms with E-state index in [0.29, 0.717) is 0 Å². The molecule has 0 N–H and O–H groups in total. The van der Waals surface area contributed by atoms with Gasteiger partial charge in [0.2, 0.25) is 0 Å². The summed E-state index contributed by atoms with van der Waals surface area (Å²) in [5, 5.41) is 21.3. The lowest BCUT2D eigenvalue weighted by Crippen LogP contribution is -2.16. The number of aryl methyl sites for hydroxylation is 3. The highest BCUT2D eigenvalue weighted by molar-refractivity contribution is 6.46. The Morgan fingerprint density at radius 1 is 0.264 bits per heavy atom. The van der Waals surface area contributed by atoms with Crippen molar-refractivity contribution < 1.29 is 0 Å². The molecule has 12 rings (SSSR count). The second-order valence-corrected chi connectivity index (χ2v) is 25.6. The molecule has 0 aliphatic rings. The Kier molecular flexibility index (Phi) is 10.5. The molecule has 0 fully saturated rings. The standard InChI is InChI=1S/C71H68.CH4/c1-39-28-40(2)60(41(3)29-39)43-27-26-42-34-58-64-53(56(42)35-43)23-19-25-55(64)66-61(44-30-46(68(4,5)6)36-47(31-44)69(7,8)9)59-38-57-51-21-17-16-20-50(51)52-22-18-24-54(63(52)57)65(59)62(67(58)66)45-32-48(70(10,11)12)37-49(33-45)71(13,14)15;/h16-38H,1-15H3;1H4. The average molecular weight is 937 g/mol. The number of hydrogen-bond acceptors (Lipinski definition) is 0. The van der Waals surface area contributed by atoms with Crippen LogP contribution in [0.1, 0.15) is 129 Å². The van der Waals surface area contributed by atoms with Gasteiger partial charge in [-0.05, 0) is 214 Å². The normalized spacial score (nSPS) is 13.1. The maximum absolute atomic E-state index is 2.61. The lowest BCUT2D eigenvalue weighted by molar-refractivity contribution is 0.568. The number of fused-ring (bicyclic) bond motifs is 10. The van der Waals surface area contributed by atoms with E-state index in [-0.39, 0.29) is 29.1 Å².